The second-order valence-corrected chi connectivity index (χ2v) is 26.0. The Morgan fingerprint density at radius 1 is 0.611 bits per heavy atom. The molecule has 0 bridgehead atoms. The SMILES string of the molecule is C.COc1ccc(S(=O)(=O)C(F)C2CCN(C(=O)OC(C)(C)C)CC2)cn1.COc1ccc(S(=O)(=O)CC2CCN(C(=O)OC(C)(C)C)CC2)cn1.O=S(=O)(c1ccccc1)N(F)S(=O)(=O)c1ccccc1. The molecule has 2 aromatic heterocycles. The van der Waals surface area contributed by atoms with Gasteiger partial charge in [-0.1, -0.05) is 43.8 Å². The fraction of sp³-hybridized carbons (Fsp3) is 0.489. The zero-order valence-corrected chi connectivity index (χ0v) is 43.9. The summed E-state index contributed by atoms with van der Waals surface area (Å²) in [5.74, 6) is 0.0321. The number of alkyl halides is 1. The number of methoxy groups -OCH3 is 2. The van der Waals surface area contributed by atoms with Crippen molar-refractivity contribution in [2.24, 2.45) is 11.8 Å². The third kappa shape index (κ3) is 17.1. The molecule has 2 fully saturated rings. The van der Waals surface area contributed by atoms with Gasteiger partial charge in [-0.05, 0) is 110 Å². The molecule has 0 radical (unpaired) electrons. The second kappa shape index (κ2) is 25.4. The minimum Gasteiger partial charge on any atom is -0.481 e. The van der Waals surface area contributed by atoms with E-state index in [1.54, 1.807) is 25.7 Å². The fourth-order valence-corrected chi connectivity index (χ4v) is 12.9. The van der Waals surface area contributed by atoms with Crippen LogP contribution in [0.3, 0.4) is 0 Å². The topological polar surface area (TPSA) is 243 Å². The molecule has 4 heterocycles. The molecule has 2 aromatic carbocycles. The Labute approximate surface area is 422 Å². The van der Waals surface area contributed by atoms with Crippen molar-refractivity contribution < 1.29 is 71.1 Å². The second-order valence-electron chi connectivity index (χ2n) is 18.3. The fourth-order valence-electron chi connectivity index (χ4n) is 6.88. The molecule has 0 saturated carbocycles. The summed E-state index contributed by atoms with van der Waals surface area (Å²) >= 11 is 0. The number of piperidine rings is 2. The molecule has 0 spiro atoms. The van der Waals surface area contributed by atoms with E-state index in [4.69, 9.17) is 18.9 Å². The number of hydrogen-bond donors (Lipinski definition) is 0. The molecule has 2 aliphatic rings. The van der Waals surface area contributed by atoms with Gasteiger partial charge in [0.05, 0.1) is 43.5 Å². The maximum absolute atomic E-state index is 14.8. The number of ether oxygens (including phenoxy) is 4. The van der Waals surface area contributed by atoms with Gasteiger partial charge in [0.25, 0.3) is 20.0 Å². The van der Waals surface area contributed by atoms with Gasteiger partial charge >= 0.3 is 12.2 Å². The number of hydrogen-bond acceptors (Lipinski definition) is 16. The van der Waals surface area contributed by atoms with Crippen LogP contribution in [0.25, 0.3) is 0 Å². The highest BCUT2D eigenvalue weighted by Crippen LogP contribution is 2.31. The Kier molecular flexibility index (Phi) is 21.5. The number of benzene rings is 2. The minimum absolute atomic E-state index is 0. The van der Waals surface area contributed by atoms with E-state index in [0.29, 0.717) is 31.8 Å². The Hall–Kier alpha value is -5.50. The highest BCUT2D eigenvalue weighted by molar-refractivity contribution is 8.03. The number of likely N-dealkylation sites (tertiary alicyclic amines) is 2. The maximum atomic E-state index is 14.8. The van der Waals surface area contributed by atoms with E-state index in [2.05, 4.69) is 9.97 Å². The lowest BCUT2D eigenvalue weighted by Crippen LogP contribution is -2.44. The number of pyridine rings is 2. The molecule has 1 unspecified atom stereocenters. The van der Waals surface area contributed by atoms with Crippen LogP contribution in [0.2, 0.25) is 0 Å². The van der Waals surface area contributed by atoms with E-state index in [0.717, 1.165) is 30.5 Å². The third-order valence-electron chi connectivity index (χ3n) is 10.6. The first-order valence-corrected chi connectivity index (χ1v) is 28.2. The number of carbonyl (C=O) groups is 2. The smallest absolute Gasteiger partial charge is 0.410 e. The van der Waals surface area contributed by atoms with Crippen molar-refractivity contribution >= 4 is 51.9 Å². The summed E-state index contributed by atoms with van der Waals surface area (Å²) in [4.78, 5) is 34.1. The quantitative estimate of drug-likeness (QED) is 0.122. The van der Waals surface area contributed by atoms with Crippen molar-refractivity contribution in [3.8, 4) is 11.8 Å². The molecule has 1 atom stereocenters. The van der Waals surface area contributed by atoms with Crippen molar-refractivity contribution in [3.63, 3.8) is 0 Å². The maximum Gasteiger partial charge on any atom is 0.410 e. The van der Waals surface area contributed by atoms with Gasteiger partial charge in [0.2, 0.25) is 27.1 Å². The first-order chi connectivity index (χ1) is 33.0. The van der Waals surface area contributed by atoms with E-state index >= 15 is 0 Å². The molecule has 19 nitrogen and oxygen atoms in total. The number of halogens is 2. The summed E-state index contributed by atoms with van der Waals surface area (Å²) in [7, 11) is -14.2. The van der Waals surface area contributed by atoms with Crippen LogP contribution in [0.4, 0.5) is 18.5 Å². The van der Waals surface area contributed by atoms with Crippen molar-refractivity contribution in [3.05, 3.63) is 97.3 Å². The predicted octanol–water partition coefficient (Wildman–Crippen LogP) is 7.90. The lowest BCUT2D eigenvalue weighted by molar-refractivity contribution is 0.0163. The molecular formula is C47H65F2N5O14S4. The van der Waals surface area contributed by atoms with Crippen molar-refractivity contribution in [1.29, 1.82) is 0 Å². The summed E-state index contributed by atoms with van der Waals surface area (Å²) in [6, 6.07) is 18.7. The minimum atomic E-state index is -4.77. The van der Waals surface area contributed by atoms with Crippen molar-refractivity contribution in [1.82, 2.24) is 23.7 Å². The van der Waals surface area contributed by atoms with Crippen LogP contribution in [0.5, 0.6) is 11.8 Å². The molecule has 4 aromatic rings. The number of rotatable bonds is 12. The molecule has 2 aliphatic heterocycles. The van der Waals surface area contributed by atoms with Gasteiger partial charge in [0.15, 0.2) is 9.84 Å². The summed E-state index contributed by atoms with van der Waals surface area (Å²) in [6.45, 7) is 12.3. The molecule has 25 heteroatoms. The largest absolute Gasteiger partial charge is 0.481 e. The predicted molar refractivity (Wildman–Crippen MR) is 264 cm³/mol. The van der Waals surface area contributed by atoms with E-state index in [1.807, 2.05) is 20.8 Å². The average molecular weight is 1090 g/mol. The molecule has 400 valence electrons. The summed E-state index contributed by atoms with van der Waals surface area (Å²) in [5, 5.41) is 0. The van der Waals surface area contributed by atoms with Crippen LogP contribution in [0.1, 0.15) is 74.7 Å². The number of aromatic nitrogens is 2. The van der Waals surface area contributed by atoms with Crippen LogP contribution in [0.15, 0.2) is 117 Å². The van der Waals surface area contributed by atoms with Crippen LogP contribution in [0, 0.1) is 11.8 Å². The van der Waals surface area contributed by atoms with Crippen LogP contribution in [-0.2, 0) is 49.2 Å². The standard InChI is InChI=1S/C17H25FN2O5S.C17H26N2O5S.C12H10FNO4S2.CH4/c1-17(2,3)25-16(21)20-9-7-12(8-10-20)15(18)26(22,23)13-5-6-14(24-4)19-11-13;1-17(2,3)24-16(20)19-9-7-13(8-10-19)12-25(21,22)14-5-6-15(23-4)18-11-14;13-14(19(15,16)11-7-3-1-4-8-11)20(17,18)12-9-5-2-6-10-12;/h5-6,11-12,15H,7-10H2,1-4H3;5-6,11,13H,7-10,12H2,1-4H3;1-10H;1H4. The summed E-state index contributed by atoms with van der Waals surface area (Å²) in [6.07, 6.45) is 3.40. The average Bonchev–Trinajstić information content (AvgIpc) is 3.33. The Bertz CT molecular complexity index is 2750. The Morgan fingerprint density at radius 3 is 1.33 bits per heavy atom. The first-order valence-electron chi connectivity index (χ1n) is 22.1. The summed E-state index contributed by atoms with van der Waals surface area (Å²) < 4.78 is 146. The van der Waals surface area contributed by atoms with Gasteiger partial charge in [0.1, 0.15) is 11.2 Å². The summed E-state index contributed by atoms with van der Waals surface area (Å²) in [5.41, 5.74) is -3.18. The number of amides is 2. The lowest BCUT2D eigenvalue weighted by atomic mass is 9.98. The van der Waals surface area contributed by atoms with Gasteiger partial charge in [-0.25, -0.2) is 57.6 Å². The van der Waals surface area contributed by atoms with Crippen molar-refractivity contribution in [2.45, 2.75) is 111 Å². The zero-order chi connectivity index (χ0) is 53.0. The number of sulfone groups is 2. The third-order valence-corrected chi connectivity index (χ3v) is 18.0. The molecule has 72 heavy (non-hydrogen) atoms. The zero-order valence-electron chi connectivity index (χ0n) is 40.7. The van der Waals surface area contributed by atoms with Crippen LogP contribution in [-0.4, -0.2) is 132 Å². The monoisotopic (exact) mass is 1090 g/mol. The first kappa shape index (κ1) is 60.8. The normalized spacial score (nSPS) is 15.6. The van der Waals surface area contributed by atoms with Gasteiger partial charge in [-0.2, -0.15) is 0 Å². The van der Waals surface area contributed by atoms with Gasteiger partial charge in [0, 0.05) is 56.6 Å². The molecular weight excluding hydrogens is 1020 g/mol. The molecule has 6 rings (SSSR count). The van der Waals surface area contributed by atoms with Crippen LogP contribution >= 0.6 is 0 Å². The Balaban J connectivity index is 0.000000286. The van der Waals surface area contributed by atoms with E-state index in [-0.39, 0.29) is 66.8 Å². The molecule has 0 N–H and O–H groups in total. The molecule has 2 amide bonds. The molecule has 2 saturated heterocycles. The van der Waals surface area contributed by atoms with E-state index < -0.39 is 82.2 Å². The van der Waals surface area contributed by atoms with Gasteiger partial charge in [-0.3, -0.25) is 0 Å². The number of sulfonamides is 2. The van der Waals surface area contributed by atoms with Gasteiger partial charge < -0.3 is 28.7 Å². The van der Waals surface area contributed by atoms with Crippen molar-refractivity contribution in [2.75, 3.05) is 46.2 Å². The van der Waals surface area contributed by atoms with Gasteiger partial charge in [-0.15, -0.1) is 4.48 Å². The van der Waals surface area contributed by atoms with E-state index in [9.17, 15) is 52.1 Å². The number of nitrogens with zero attached hydrogens (tertiary/aromatic N) is 5. The lowest BCUT2D eigenvalue weighted by Gasteiger charge is -2.34. The Morgan fingerprint density at radius 2 is 0.986 bits per heavy atom. The van der Waals surface area contributed by atoms with E-state index in [1.165, 1.54) is 86.0 Å². The van der Waals surface area contributed by atoms with Crippen LogP contribution < -0.4 is 9.47 Å². The highest BCUT2D eigenvalue weighted by atomic mass is 32.3. The number of carbonyl (C=O) groups excluding carboxylic acids is 2. The molecule has 0 aliphatic carbocycles. The highest BCUT2D eigenvalue weighted by Gasteiger charge is 2.39.